The third kappa shape index (κ3) is 4.11. The fourth-order valence-electron chi connectivity index (χ4n) is 3.04. The van der Waals surface area contributed by atoms with Gasteiger partial charge in [0.05, 0.1) is 14.2 Å². The fourth-order valence-corrected chi connectivity index (χ4v) is 3.04. The van der Waals surface area contributed by atoms with Gasteiger partial charge in [0.25, 0.3) is 0 Å². The van der Waals surface area contributed by atoms with Gasteiger partial charge in [-0.3, -0.25) is 0 Å². The molecule has 2 rings (SSSR count). The molecule has 4 nitrogen and oxygen atoms in total. The van der Waals surface area contributed by atoms with Crippen LogP contribution < -0.4 is 14.8 Å². The van der Waals surface area contributed by atoms with Gasteiger partial charge in [0, 0.05) is 17.6 Å². The van der Waals surface area contributed by atoms with Crippen molar-refractivity contribution in [3.63, 3.8) is 0 Å². The molecule has 4 heteroatoms. The van der Waals surface area contributed by atoms with Crippen molar-refractivity contribution >= 4 is 0 Å². The zero-order valence-electron chi connectivity index (χ0n) is 13.7. The van der Waals surface area contributed by atoms with Gasteiger partial charge in [0.1, 0.15) is 11.5 Å². The second-order valence-corrected chi connectivity index (χ2v) is 5.70. The van der Waals surface area contributed by atoms with Gasteiger partial charge in [-0.1, -0.05) is 6.92 Å². The average molecular weight is 292 g/mol. The summed E-state index contributed by atoms with van der Waals surface area (Å²) < 4.78 is 10.8. The van der Waals surface area contributed by atoms with Crippen LogP contribution >= 0.6 is 0 Å². The van der Waals surface area contributed by atoms with Crippen LogP contribution in [0.4, 0.5) is 0 Å². The molecule has 0 spiro atoms. The summed E-state index contributed by atoms with van der Waals surface area (Å²) in [5.74, 6) is 1.79. The van der Waals surface area contributed by atoms with E-state index in [0.29, 0.717) is 6.04 Å². The Morgan fingerprint density at radius 1 is 1.24 bits per heavy atom. The number of methoxy groups -OCH3 is 2. The standard InChI is InChI=1S/C17H28N2O2/c1-5-19-10-8-14(9-11-19)18-13(2)16-12-15(20-3)6-7-17(16)21-4/h6-7,12-14,18H,5,8-11H2,1-4H3. The van der Waals surface area contributed by atoms with Gasteiger partial charge >= 0.3 is 0 Å². The molecule has 0 aromatic heterocycles. The van der Waals surface area contributed by atoms with Crippen LogP contribution in [0.15, 0.2) is 18.2 Å². The molecule has 1 atom stereocenters. The van der Waals surface area contributed by atoms with E-state index in [9.17, 15) is 0 Å². The second-order valence-electron chi connectivity index (χ2n) is 5.70. The summed E-state index contributed by atoms with van der Waals surface area (Å²) in [6, 6.07) is 6.82. The van der Waals surface area contributed by atoms with Gasteiger partial charge in [0.2, 0.25) is 0 Å². The zero-order valence-corrected chi connectivity index (χ0v) is 13.7. The Labute approximate surface area is 128 Å². The van der Waals surface area contributed by atoms with Crippen LogP contribution in [0.2, 0.25) is 0 Å². The number of nitrogens with zero attached hydrogens (tertiary/aromatic N) is 1. The Morgan fingerprint density at radius 2 is 1.95 bits per heavy atom. The van der Waals surface area contributed by atoms with Gasteiger partial charge in [0.15, 0.2) is 0 Å². The van der Waals surface area contributed by atoms with E-state index in [2.05, 4.69) is 30.1 Å². The minimum absolute atomic E-state index is 0.258. The lowest BCUT2D eigenvalue weighted by Crippen LogP contribution is -2.43. The molecular formula is C17H28N2O2. The maximum atomic E-state index is 5.49. The number of ether oxygens (including phenoxy) is 2. The topological polar surface area (TPSA) is 33.7 Å². The molecular weight excluding hydrogens is 264 g/mol. The van der Waals surface area contributed by atoms with E-state index in [-0.39, 0.29) is 6.04 Å². The summed E-state index contributed by atoms with van der Waals surface area (Å²) in [6.45, 7) is 7.97. The SMILES string of the molecule is CCN1CCC(NC(C)c2cc(OC)ccc2OC)CC1. The number of likely N-dealkylation sites (tertiary alicyclic amines) is 1. The molecule has 1 N–H and O–H groups in total. The molecule has 1 aliphatic heterocycles. The second kappa shape index (κ2) is 7.66. The van der Waals surface area contributed by atoms with E-state index in [1.54, 1.807) is 14.2 Å². The molecule has 1 aromatic rings. The van der Waals surface area contributed by atoms with Crippen molar-refractivity contribution in [2.24, 2.45) is 0 Å². The lowest BCUT2D eigenvalue weighted by molar-refractivity contribution is 0.200. The predicted molar refractivity (Wildman–Crippen MR) is 86.2 cm³/mol. The van der Waals surface area contributed by atoms with Crippen molar-refractivity contribution in [1.82, 2.24) is 10.2 Å². The third-order valence-electron chi connectivity index (χ3n) is 4.42. The number of piperidine rings is 1. The Bertz CT molecular complexity index is 442. The van der Waals surface area contributed by atoms with Gasteiger partial charge in [-0.25, -0.2) is 0 Å². The van der Waals surface area contributed by atoms with Gasteiger partial charge in [-0.05, 0) is 57.6 Å². The third-order valence-corrected chi connectivity index (χ3v) is 4.42. The van der Waals surface area contributed by atoms with E-state index in [4.69, 9.17) is 9.47 Å². The van der Waals surface area contributed by atoms with Gasteiger partial charge in [-0.15, -0.1) is 0 Å². The molecule has 0 saturated carbocycles. The van der Waals surface area contributed by atoms with Crippen LogP contribution in [0.1, 0.15) is 38.3 Å². The normalized spacial score (nSPS) is 18.5. The van der Waals surface area contributed by atoms with Crippen molar-refractivity contribution in [2.45, 2.75) is 38.8 Å². The first-order valence-corrected chi connectivity index (χ1v) is 7.88. The van der Waals surface area contributed by atoms with Crippen molar-refractivity contribution in [3.8, 4) is 11.5 Å². The van der Waals surface area contributed by atoms with Crippen LogP contribution in [0, 0.1) is 0 Å². The lowest BCUT2D eigenvalue weighted by atomic mass is 10.0. The number of benzene rings is 1. The molecule has 0 radical (unpaired) electrons. The largest absolute Gasteiger partial charge is 0.497 e. The van der Waals surface area contributed by atoms with Crippen molar-refractivity contribution in [1.29, 1.82) is 0 Å². The van der Waals surface area contributed by atoms with Crippen molar-refractivity contribution in [2.75, 3.05) is 33.9 Å². The molecule has 0 bridgehead atoms. The first kappa shape index (κ1) is 16.1. The summed E-state index contributed by atoms with van der Waals surface area (Å²) in [5, 5.41) is 3.74. The van der Waals surface area contributed by atoms with E-state index >= 15 is 0 Å². The van der Waals surface area contributed by atoms with E-state index < -0.39 is 0 Å². The van der Waals surface area contributed by atoms with Crippen LogP contribution in [0.5, 0.6) is 11.5 Å². The molecule has 1 aliphatic rings. The van der Waals surface area contributed by atoms with Gasteiger partial charge in [-0.2, -0.15) is 0 Å². The molecule has 1 unspecified atom stereocenters. The van der Waals surface area contributed by atoms with Crippen molar-refractivity contribution < 1.29 is 9.47 Å². The Morgan fingerprint density at radius 3 is 2.52 bits per heavy atom. The number of rotatable bonds is 6. The maximum Gasteiger partial charge on any atom is 0.123 e. The molecule has 1 fully saturated rings. The predicted octanol–water partition coefficient (Wildman–Crippen LogP) is 2.84. The number of hydrogen-bond donors (Lipinski definition) is 1. The lowest BCUT2D eigenvalue weighted by Gasteiger charge is -2.33. The first-order chi connectivity index (χ1) is 10.2. The summed E-state index contributed by atoms with van der Waals surface area (Å²) in [6.07, 6.45) is 2.43. The van der Waals surface area contributed by atoms with E-state index in [0.717, 1.165) is 23.6 Å². The molecule has 1 heterocycles. The van der Waals surface area contributed by atoms with Crippen LogP contribution in [-0.4, -0.2) is 44.8 Å². The summed E-state index contributed by atoms with van der Waals surface area (Å²) in [5.41, 5.74) is 1.16. The van der Waals surface area contributed by atoms with Crippen LogP contribution in [0.25, 0.3) is 0 Å². The summed E-state index contributed by atoms with van der Waals surface area (Å²) in [7, 11) is 3.42. The number of hydrogen-bond acceptors (Lipinski definition) is 4. The molecule has 1 aromatic carbocycles. The first-order valence-electron chi connectivity index (χ1n) is 7.88. The van der Waals surface area contributed by atoms with Crippen molar-refractivity contribution in [3.05, 3.63) is 23.8 Å². The highest BCUT2D eigenvalue weighted by Crippen LogP contribution is 2.30. The maximum absolute atomic E-state index is 5.49. The quantitative estimate of drug-likeness (QED) is 0.874. The van der Waals surface area contributed by atoms with Gasteiger partial charge < -0.3 is 19.7 Å². The Balaban J connectivity index is 2.01. The highest BCUT2D eigenvalue weighted by molar-refractivity contribution is 5.42. The average Bonchev–Trinajstić information content (AvgIpc) is 2.54. The molecule has 118 valence electrons. The van der Waals surface area contributed by atoms with E-state index in [1.807, 2.05) is 12.1 Å². The molecule has 1 saturated heterocycles. The summed E-state index contributed by atoms with van der Waals surface area (Å²) >= 11 is 0. The highest BCUT2D eigenvalue weighted by Gasteiger charge is 2.21. The Hall–Kier alpha value is -1.26. The van der Waals surface area contributed by atoms with Crippen LogP contribution in [0.3, 0.4) is 0 Å². The fraction of sp³-hybridized carbons (Fsp3) is 0.647. The van der Waals surface area contributed by atoms with E-state index in [1.165, 1.54) is 25.9 Å². The highest BCUT2D eigenvalue weighted by atomic mass is 16.5. The minimum Gasteiger partial charge on any atom is -0.497 e. The molecule has 0 aliphatic carbocycles. The summed E-state index contributed by atoms with van der Waals surface area (Å²) in [4.78, 5) is 2.51. The smallest absolute Gasteiger partial charge is 0.123 e. The monoisotopic (exact) mass is 292 g/mol. The molecule has 21 heavy (non-hydrogen) atoms. The minimum atomic E-state index is 0.258. The zero-order chi connectivity index (χ0) is 15.2. The Kier molecular flexibility index (Phi) is 5.88. The number of nitrogens with one attached hydrogen (secondary N) is 1. The van der Waals surface area contributed by atoms with Crippen LogP contribution in [-0.2, 0) is 0 Å². The molecule has 0 amide bonds.